The number of ketones is 2. The summed E-state index contributed by atoms with van der Waals surface area (Å²) >= 11 is 0. The average molecular weight is 501 g/mol. The third kappa shape index (κ3) is 3.73. The van der Waals surface area contributed by atoms with Crippen LogP contribution >= 0.6 is 0 Å². The normalized spacial score (nSPS) is 33.6. The standard InChI is InChI=1S/C26H28O10/c1-10-19(28)23(32)24(34-3)25(35-10)36-15-9-26(2,33)8-11-7-13-18(21(30)16(11)15)22(31)17-12(20(13)29)5-4-6-14(17)27/h4-7,10,15,19,23-25,27-28,30,32-33H,8-9H2,1-3H3/t10-,15-,19-,23+,24+,25-,26+/m0/s1. The lowest BCUT2D eigenvalue weighted by Gasteiger charge is -2.44. The fourth-order valence-corrected chi connectivity index (χ4v) is 5.52. The van der Waals surface area contributed by atoms with Crippen LogP contribution in [0.15, 0.2) is 24.3 Å². The highest BCUT2D eigenvalue weighted by atomic mass is 16.7. The summed E-state index contributed by atoms with van der Waals surface area (Å²) in [6.45, 7) is 3.14. The lowest BCUT2D eigenvalue weighted by molar-refractivity contribution is -0.313. The van der Waals surface area contributed by atoms with Crippen LogP contribution in [0.4, 0.5) is 0 Å². The number of rotatable bonds is 3. The molecule has 0 saturated carbocycles. The van der Waals surface area contributed by atoms with Crippen molar-refractivity contribution >= 4 is 11.6 Å². The van der Waals surface area contributed by atoms with Gasteiger partial charge in [0.05, 0.1) is 28.9 Å². The SMILES string of the molecule is CO[C@H]1[C@H](O[C@H]2C[C@](C)(O)Cc3cc4c(c(O)c32)C(=O)c2c(O)cccc2C4=O)O[C@@H](C)[C@H](O)[C@H]1O. The molecule has 7 atom stereocenters. The predicted octanol–water partition coefficient (Wildman–Crippen LogP) is 1.11. The van der Waals surface area contributed by atoms with Crippen molar-refractivity contribution in [2.24, 2.45) is 0 Å². The Labute approximate surface area is 206 Å². The molecule has 2 aromatic carbocycles. The largest absolute Gasteiger partial charge is 0.507 e. The first kappa shape index (κ1) is 24.8. The predicted molar refractivity (Wildman–Crippen MR) is 123 cm³/mol. The van der Waals surface area contributed by atoms with Crippen LogP contribution in [0.5, 0.6) is 11.5 Å². The topological polar surface area (TPSA) is 163 Å². The molecule has 0 radical (unpaired) electrons. The van der Waals surface area contributed by atoms with Crippen LogP contribution < -0.4 is 0 Å². The van der Waals surface area contributed by atoms with Gasteiger partial charge in [-0.1, -0.05) is 12.1 Å². The molecule has 0 spiro atoms. The molecule has 36 heavy (non-hydrogen) atoms. The Kier molecular flexibility index (Phi) is 5.94. The van der Waals surface area contributed by atoms with Crippen LogP contribution in [0.25, 0.3) is 0 Å². The molecule has 1 fully saturated rings. The first-order chi connectivity index (χ1) is 16.9. The molecule has 10 heteroatoms. The van der Waals surface area contributed by atoms with E-state index in [2.05, 4.69) is 0 Å². The summed E-state index contributed by atoms with van der Waals surface area (Å²) in [5.74, 6) is -2.08. The van der Waals surface area contributed by atoms with Crippen molar-refractivity contribution in [1.82, 2.24) is 0 Å². The zero-order valence-corrected chi connectivity index (χ0v) is 20.0. The summed E-state index contributed by atoms with van der Waals surface area (Å²) in [5.41, 5.74) is -1.12. The summed E-state index contributed by atoms with van der Waals surface area (Å²) < 4.78 is 17.2. The minimum Gasteiger partial charge on any atom is -0.507 e. The molecule has 3 aliphatic rings. The van der Waals surface area contributed by atoms with E-state index in [0.29, 0.717) is 5.56 Å². The van der Waals surface area contributed by atoms with Gasteiger partial charge in [0.15, 0.2) is 12.1 Å². The fourth-order valence-electron chi connectivity index (χ4n) is 5.52. The van der Waals surface area contributed by atoms with Gasteiger partial charge in [-0.25, -0.2) is 0 Å². The van der Waals surface area contributed by atoms with Gasteiger partial charge >= 0.3 is 0 Å². The summed E-state index contributed by atoms with van der Waals surface area (Å²) in [4.78, 5) is 26.6. The van der Waals surface area contributed by atoms with E-state index in [1.54, 1.807) is 13.8 Å². The van der Waals surface area contributed by atoms with Crippen LogP contribution in [0, 0.1) is 0 Å². The van der Waals surface area contributed by atoms with Gasteiger partial charge in [0.1, 0.15) is 29.8 Å². The molecule has 0 amide bonds. The summed E-state index contributed by atoms with van der Waals surface area (Å²) in [6.07, 6.45) is -6.51. The average Bonchev–Trinajstić information content (AvgIpc) is 2.80. The number of aliphatic hydroxyl groups excluding tert-OH is 2. The number of ether oxygens (including phenoxy) is 3. The second-order valence-electron chi connectivity index (χ2n) is 9.97. The number of carbonyl (C=O) groups excluding carboxylic acids is 2. The van der Waals surface area contributed by atoms with Gasteiger partial charge in [-0.2, -0.15) is 0 Å². The molecular weight excluding hydrogens is 472 g/mol. The van der Waals surface area contributed by atoms with Crippen molar-refractivity contribution in [1.29, 1.82) is 0 Å². The maximum atomic E-state index is 13.4. The Morgan fingerprint density at radius 3 is 2.47 bits per heavy atom. The number of aliphatic hydroxyl groups is 3. The highest BCUT2D eigenvalue weighted by Crippen LogP contribution is 2.48. The summed E-state index contributed by atoms with van der Waals surface area (Å²) in [6, 6.07) is 5.65. The lowest BCUT2D eigenvalue weighted by Crippen LogP contribution is -2.58. The third-order valence-electron chi connectivity index (χ3n) is 7.29. The van der Waals surface area contributed by atoms with Gasteiger partial charge in [0.2, 0.25) is 5.78 Å². The van der Waals surface area contributed by atoms with Gasteiger partial charge in [-0.3, -0.25) is 9.59 Å². The van der Waals surface area contributed by atoms with Crippen molar-refractivity contribution in [3.05, 3.63) is 57.6 Å². The molecule has 1 aliphatic heterocycles. The molecular formula is C26H28O10. The van der Waals surface area contributed by atoms with Gasteiger partial charge in [-0.15, -0.1) is 0 Å². The Morgan fingerprint density at radius 2 is 1.78 bits per heavy atom. The van der Waals surface area contributed by atoms with E-state index in [4.69, 9.17) is 14.2 Å². The van der Waals surface area contributed by atoms with E-state index >= 15 is 0 Å². The second-order valence-corrected chi connectivity index (χ2v) is 9.97. The van der Waals surface area contributed by atoms with Crippen molar-refractivity contribution in [3.63, 3.8) is 0 Å². The Balaban J connectivity index is 1.61. The molecule has 2 aliphatic carbocycles. The first-order valence-electron chi connectivity index (χ1n) is 11.7. The van der Waals surface area contributed by atoms with Crippen molar-refractivity contribution in [3.8, 4) is 11.5 Å². The highest BCUT2D eigenvalue weighted by Gasteiger charge is 2.48. The number of benzene rings is 2. The van der Waals surface area contributed by atoms with Crippen LogP contribution in [-0.2, 0) is 20.6 Å². The van der Waals surface area contributed by atoms with Gasteiger partial charge in [0, 0.05) is 36.6 Å². The van der Waals surface area contributed by atoms with Crippen LogP contribution in [0.2, 0.25) is 0 Å². The molecule has 5 N–H and O–H groups in total. The third-order valence-corrected chi connectivity index (χ3v) is 7.29. The van der Waals surface area contributed by atoms with E-state index in [1.807, 2.05) is 0 Å². The number of methoxy groups -OCH3 is 1. The van der Waals surface area contributed by atoms with Crippen molar-refractivity contribution in [2.45, 2.75) is 69.1 Å². The van der Waals surface area contributed by atoms with Gasteiger partial charge < -0.3 is 39.7 Å². The second kappa shape index (κ2) is 8.62. The smallest absolute Gasteiger partial charge is 0.201 e. The molecule has 0 aromatic heterocycles. The lowest BCUT2D eigenvalue weighted by atomic mass is 9.74. The molecule has 0 unspecified atom stereocenters. The number of phenols is 2. The molecule has 192 valence electrons. The van der Waals surface area contributed by atoms with Crippen molar-refractivity contribution < 1.29 is 49.3 Å². The molecule has 2 aromatic rings. The number of fused-ring (bicyclic) bond motifs is 3. The number of phenolic OH excluding ortho intramolecular Hbond substituents is 2. The van der Waals surface area contributed by atoms with Gasteiger partial charge in [-0.05, 0) is 31.5 Å². The highest BCUT2D eigenvalue weighted by molar-refractivity contribution is 6.30. The van der Waals surface area contributed by atoms with Crippen LogP contribution in [-0.4, -0.2) is 80.5 Å². The maximum Gasteiger partial charge on any atom is 0.201 e. The van der Waals surface area contributed by atoms with E-state index in [0.717, 1.165) is 0 Å². The molecule has 10 nitrogen and oxygen atoms in total. The molecule has 1 saturated heterocycles. The zero-order valence-electron chi connectivity index (χ0n) is 20.0. The maximum absolute atomic E-state index is 13.4. The van der Waals surface area contributed by atoms with Crippen molar-refractivity contribution in [2.75, 3.05) is 7.11 Å². The Hall–Kier alpha value is -2.86. The molecule has 5 rings (SSSR count). The number of hydrogen-bond donors (Lipinski definition) is 5. The van der Waals surface area contributed by atoms with Gasteiger partial charge in [0.25, 0.3) is 0 Å². The monoisotopic (exact) mass is 500 g/mol. The first-order valence-corrected chi connectivity index (χ1v) is 11.7. The van der Waals surface area contributed by atoms with E-state index in [9.17, 15) is 35.1 Å². The van der Waals surface area contributed by atoms with Crippen LogP contribution in [0.1, 0.15) is 69.3 Å². The summed E-state index contributed by atoms with van der Waals surface area (Å²) in [5, 5.41) is 53.2. The van der Waals surface area contributed by atoms with Crippen LogP contribution in [0.3, 0.4) is 0 Å². The van der Waals surface area contributed by atoms with E-state index in [1.165, 1.54) is 31.4 Å². The summed E-state index contributed by atoms with van der Waals surface area (Å²) in [7, 11) is 1.32. The molecule has 1 heterocycles. The Morgan fingerprint density at radius 1 is 1.06 bits per heavy atom. The fraction of sp³-hybridized carbons (Fsp3) is 0.462. The quantitative estimate of drug-likeness (QED) is 0.352. The van der Waals surface area contributed by atoms with E-state index in [-0.39, 0.29) is 46.4 Å². The minimum atomic E-state index is -1.32. The number of aromatic hydroxyl groups is 2. The minimum absolute atomic E-state index is 0.000353. The van der Waals surface area contributed by atoms with E-state index < -0.39 is 59.7 Å². The Bertz CT molecular complexity index is 1250. The number of carbonyl (C=O) groups is 2. The zero-order chi connectivity index (χ0) is 26.1. The number of hydrogen-bond acceptors (Lipinski definition) is 10. The molecule has 0 bridgehead atoms.